The minimum Gasteiger partial charge on any atom is -0.326 e. The monoisotopic (exact) mass is 469 g/mol. The smallest absolute Gasteiger partial charge is 0.240 e. The summed E-state index contributed by atoms with van der Waals surface area (Å²) in [6, 6.07) is 12.1. The number of anilines is 2. The van der Waals surface area contributed by atoms with E-state index in [1.54, 1.807) is 17.0 Å². The summed E-state index contributed by atoms with van der Waals surface area (Å²) in [5.74, 6) is -0.781. The zero-order valence-corrected chi connectivity index (χ0v) is 20.0. The number of hydrogen-bond donors (Lipinski definition) is 2. The number of carbonyl (C=O) groups is 2. The van der Waals surface area contributed by atoms with Gasteiger partial charge in [-0.1, -0.05) is 25.3 Å². The van der Waals surface area contributed by atoms with Gasteiger partial charge in [-0.2, -0.15) is 0 Å². The number of amides is 2. The van der Waals surface area contributed by atoms with Gasteiger partial charge in [-0.25, -0.2) is 13.1 Å². The van der Waals surface area contributed by atoms with Crippen LogP contribution in [0, 0.1) is 19.8 Å². The number of nitrogens with one attached hydrogen (secondary N) is 2. The van der Waals surface area contributed by atoms with Crippen molar-refractivity contribution in [2.45, 2.75) is 63.3 Å². The molecule has 2 aromatic carbocycles. The van der Waals surface area contributed by atoms with E-state index < -0.39 is 15.9 Å². The highest BCUT2D eigenvalue weighted by Gasteiger charge is 2.35. The lowest BCUT2D eigenvalue weighted by molar-refractivity contribution is -0.122. The van der Waals surface area contributed by atoms with Gasteiger partial charge in [-0.3, -0.25) is 9.59 Å². The third-order valence-corrected chi connectivity index (χ3v) is 7.91. The highest BCUT2D eigenvalue weighted by atomic mass is 32.2. The predicted octanol–water partition coefficient (Wildman–Crippen LogP) is 3.91. The van der Waals surface area contributed by atoms with Gasteiger partial charge in [0.2, 0.25) is 21.8 Å². The maximum atomic E-state index is 12.8. The fourth-order valence-corrected chi connectivity index (χ4v) is 6.01. The van der Waals surface area contributed by atoms with Crippen LogP contribution in [0.2, 0.25) is 0 Å². The molecule has 1 aliphatic heterocycles. The van der Waals surface area contributed by atoms with Crippen LogP contribution in [0.4, 0.5) is 11.4 Å². The molecule has 2 fully saturated rings. The average Bonchev–Trinajstić information content (AvgIpc) is 3.16. The zero-order chi connectivity index (χ0) is 23.6. The van der Waals surface area contributed by atoms with Crippen molar-refractivity contribution in [3.63, 3.8) is 0 Å². The third kappa shape index (κ3) is 5.62. The van der Waals surface area contributed by atoms with Crippen LogP contribution >= 0.6 is 0 Å². The van der Waals surface area contributed by atoms with Crippen LogP contribution in [0.25, 0.3) is 0 Å². The molecule has 2 aliphatic rings. The SMILES string of the molecule is Cc1cc(C)cc(N2CC(C(=O)Nc3ccc(S(=O)(=O)NC4CCCCC4)cc3)CC2=O)c1. The largest absolute Gasteiger partial charge is 0.326 e. The number of nitrogens with zero attached hydrogens (tertiary/aromatic N) is 1. The Kier molecular flexibility index (Phi) is 6.86. The summed E-state index contributed by atoms with van der Waals surface area (Å²) in [6.45, 7) is 4.29. The lowest BCUT2D eigenvalue weighted by Gasteiger charge is -2.22. The van der Waals surface area contributed by atoms with E-state index in [1.165, 1.54) is 12.1 Å². The standard InChI is InChI=1S/C25H31N3O4S/c1-17-12-18(2)14-22(13-17)28-16-19(15-24(28)29)25(30)26-20-8-10-23(11-9-20)33(31,32)27-21-6-4-3-5-7-21/h8-14,19,21,27H,3-7,15-16H2,1-2H3,(H,26,30). The molecule has 1 heterocycles. The molecule has 7 nitrogen and oxygen atoms in total. The minimum atomic E-state index is -3.59. The number of benzene rings is 2. The maximum absolute atomic E-state index is 12.8. The van der Waals surface area contributed by atoms with Crippen molar-refractivity contribution in [1.29, 1.82) is 0 Å². The molecule has 8 heteroatoms. The molecule has 1 aliphatic carbocycles. The van der Waals surface area contributed by atoms with Crippen molar-refractivity contribution in [1.82, 2.24) is 4.72 Å². The van der Waals surface area contributed by atoms with Crippen molar-refractivity contribution in [2.24, 2.45) is 5.92 Å². The molecule has 1 saturated heterocycles. The van der Waals surface area contributed by atoms with Crippen LogP contribution < -0.4 is 14.9 Å². The number of hydrogen-bond acceptors (Lipinski definition) is 4. The van der Waals surface area contributed by atoms with Gasteiger partial charge < -0.3 is 10.2 Å². The number of carbonyl (C=O) groups excluding carboxylic acids is 2. The molecular weight excluding hydrogens is 438 g/mol. The molecule has 2 aromatic rings. The van der Waals surface area contributed by atoms with Crippen molar-refractivity contribution in [3.05, 3.63) is 53.6 Å². The summed E-state index contributed by atoms with van der Waals surface area (Å²) in [7, 11) is -3.59. The van der Waals surface area contributed by atoms with Gasteiger partial charge in [-0.05, 0) is 74.2 Å². The predicted molar refractivity (Wildman–Crippen MR) is 129 cm³/mol. The Labute approximate surface area is 195 Å². The summed E-state index contributed by atoms with van der Waals surface area (Å²) >= 11 is 0. The van der Waals surface area contributed by atoms with E-state index in [-0.39, 0.29) is 29.2 Å². The maximum Gasteiger partial charge on any atom is 0.240 e. The second-order valence-corrected chi connectivity index (χ2v) is 10.9. The van der Waals surface area contributed by atoms with Crippen LogP contribution in [0.1, 0.15) is 49.7 Å². The molecule has 0 aromatic heterocycles. The first-order valence-electron chi connectivity index (χ1n) is 11.5. The van der Waals surface area contributed by atoms with E-state index in [4.69, 9.17) is 0 Å². The molecule has 1 unspecified atom stereocenters. The Balaban J connectivity index is 1.38. The Bertz CT molecular complexity index is 1120. The molecule has 176 valence electrons. The molecule has 4 rings (SSSR count). The van der Waals surface area contributed by atoms with Crippen LogP contribution in [0.3, 0.4) is 0 Å². The Morgan fingerprint density at radius 1 is 0.970 bits per heavy atom. The quantitative estimate of drug-likeness (QED) is 0.671. The lowest BCUT2D eigenvalue weighted by Crippen LogP contribution is -2.36. The molecule has 33 heavy (non-hydrogen) atoms. The fourth-order valence-electron chi connectivity index (χ4n) is 4.71. The van der Waals surface area contributed by atoms with E-state index in [0.29, 0.717) is 12.2 Å². The summed E-state index contributed by atoms with van der Waals surface area (Å²) in [5, 5.41) is 2.83. The summed E-state index contributed by atoms with van der Waals surface area (Å²) in [5.41, 5.74) is 3.46. The fraction of sp³-hybridized carbons (Fsp3) is 0.440. The van der Waals surface area contributed by atoms with E-state index in [0.717, 1.165) is 48.9 Å². The highest BCUT2D eigenvalue weighted by molar-refractivity contribution is 7.89. The van der Waals surface area contributed by atoms with Gasteiger partial charge in [0.05, 0.1) is 10.8 Å². The minimum absolute atomic E-state index is 0.0110. The van der Waals surface area contributed by atoms with E-state index in [9.17, 15) is 18.0 Å². The van der Waals surface area contributed by atoms with Gasteiger partial charge >= 0.3 is 0 Å². The van der Waals surface area contributed by atoms with E-state index in [1.807, 2.05) is 32.0 Å². The van der Waals surface area contributed by atoms with Crippen LogP contribution in [0.5, 0.6) is 0 Å². The van der Waals surface area contributed by atoms with Crippen molar-refractivity contribution in [2.75, 3.05) is 16.8 Å². The van der Waals surface area contributed by atoms with E-state index in [2.05, 4.69) is 10.0 Å². The molecule has 2 N–H and O–H groups in total. The summed E-state index contributed by atoms with van der Waals surface area (Å²) in [6.07, 6.45) is 5.13. The first kappa shape index (κ1) is 23.4. The van der Waals surface area contributed by atoms with Gasteiger partial charge in [0.15, 0.2) is 0 Å². The number of sulfonamides is 1. The summed E-state index contributed by atoms with van der Waals surface area (Å²) < 4.78 is 28.1. The zero-order valence-electron chi connectivity index (χ0n) is 19.1. The molecule has 1 atom stereocenters. The van der Waals surface area contributed by atoms with Gasteiger partial charge in [-0.15, -0.1) is 0 Å². The molecule has 0 spiro atoms. The third-order valence-electron chi connectivity index (χ3n) is 6.37. The normalized spacial score (nSPS) is 19.6. The van der Waals surface area contributed by atoms with Crippen LogP contribution in [0.15, 0.2) is 47.4 Å². The Hall–Kier alpha value is -2.71. The van der Waals surface area contributed by atoms with Crippen molar-refractivity contribution in [3.8, 4) is 0 Å². The van der Waals surface area contributed by atoms with Gasteiger partial charge in [0, 0.05) is 30.4 Å². The Morgan fingerprint density at radius 2 is 1.61 bits per heavy atom. The second kappa shape index (κ2) is 9.65. The summed E-state index contributed by atoms with van der Waals surface area (Å²) in [4.78, 5) is 27.2. The first-order chi connectivity index (χ1) is 15.7. The topological polar surface area (TPSA) is 95.6 Å². The molecule has 0 radical (unpaired) electrons. The molecule has 2 amide bonds. The second-order valence-electron chi connectivity index (χ2n) is 9.22. The van der Waals surface area contributed by atoms with Gasteiger partial charge in [0.1, 0.15) is 0 Å². The molecular formula is C25H31N3O4S. The first-order valence-corrected chi connectivity index (χ1v) is 13.0. The lowest BCUT2D eigenvalue weighted by atomic mass is 9.96. The van der Waals surface area contributed by atoms with Crippen LogP contribution in [-0.4, -0.2) is 32.8 Å². The van der Waals surface area contributed by atoms with Crippen molar-refractivity contribution < 1.29 is 18.0 Å². The van der Waals surface area contributed by atoms with E-state index >= 15 is 0 Å². The van der Waals surface area contributed by atoms with Crippen molar-refractivity contribution >= 4 is 33.2 Å². The number of aryl methyl sites for hydroxylation is 2. The molecule has 0 bridgehead atoms. The molecule has 1 saturated carbocycles. The highest BCUT2D eigenvalue weighted by Crippen LogP contribution is 2.28. The Morgan fingerprint density at radius 3 is 2.24 bits per heavy atom. The average molecular weight is 470 g/mol. The number of rotatable bonds is 6. The van der Waals surface area contributed by atoms with Crippen LogP contribution in [-0.2, 0) is 19.6 Å². The van der Waals surface area contributed by atoms with Gasteiger partial charge in [0.25, 0.3) is 0 Å².